The topological polar surface area (TPSA) is 229 Å². The number of ether oxygens (including phenoxy) is 2. The van der Waals surface area contributed by atoms with Crippen LogP contribution in [0.25, 0.3) is 11.2 Å². The van der Waals surface area contributed by atoms with Gasteiger partial charge in [0, 0.05) is 0 Å². The van der Waals surface area contributed by atoms with E-state index in [-0.39, 0.29) is 29.5 Å². The Hall–Kier alpha value is -2.91. The number of nitrogens with zero attached hydrogens (tertiary/aromatic N) is 3. The summed E-state index contributed by atoms with van der Waals surface area (Å²) in [5.74, 6) is -2.23. The Morgan fingerprint density at radius 3 is 2.40 bits per heavy atom. The molecule has 2 aromatic heterocycles. The number of esters is 1. The van der Waals surface area contributed by atoms with Gasteiger partial charge >= 0.3 is 5.97 Å². The molecule has 8 N–H and O–H groups in total. The minimum Gasteiger partial charge on any atom is -0.453 e. The van der Waals surface area contributed by atoms with Gasteiger partial charge in [-0.2, -0.15) is 4.98 Å². The fraction of sp³-hybridized carbons (Fsp3) is 0.750. The van der Waals surface area contributed by atoms with Crippen molar-refractivity contribution in [3.8, 4) is 0 Å². The van der Waals surface area contributed by atoms with E-state index in [1.54, 1.807) is 6.92 Å². The maximum Gasteiger partial charge on any atom is 0.323 e. The number of unbranched alkanes of at least 4 members (excludes halogenated alkanes) is 7. The van der Waals surface area contributed by atoms with Crippen LogP contribution in [-0.4, -0.2) is 83.7 Å². The molecule has 0 amide bonds. The second-order valence-electron chi connectivity index (χ2n) is 11.2. The van der Waals surface area contributed by atoms with Gasteiger partial charge in [0.1, 0.15) is 30.7 Å². The molecule has 0 aliphatic carbocycles. The molecular formula is C28H46N6O8. The molecule has 1 unspecified atom stereocenters. The van der Waals surface area contributed by atoms with E-state index in [9.17, 15) is 29.7 Å². The number of ketones is 1. The quantitative estimate of drug-likeness (QED) is 0.111. The molecule has 0 bridgehead atoms. The molecule has 7 atom stereocenters. The molecule has 42 heavy (non-hydrogen) atoms. The van der Waals surface area contributed by atoms with Gasteiger partial charge in [-0.1, -0.05) is 72.1 Å². The number of aliphatic hydroxyl groups is 3. The van der Waals surface area contributed by atoms with Crippen LogP contribution in [0.5, 0.6) is 0 Å². The summed E-state index contributed by atoms with van der Waals surface area (Å²) in [5.41, 5.74) is 8.30. The SMILES string of the molecule is CCCCCCCCCCC(OC(=O)[C@@H](N)[C@@H](C)CC)C(=O)[C@@]1(n2cnc3c(=O)[nH]c(N)nc32)O[C@H](CO)[C@@H](O)[C@H]1O. The summed E-state index contributed by atoms with van der Waals surface area (Å²) in [6.07, 6.45) is 3.12. The Kier molecular flexibility index (Phi) is 12.0. The second kappa shape index (κ2) is 15.0. The number of aromatic nitrogens is 4. The zero-order valence-corrected chi connectivity index (χ0v) is 24.7. The Bertz CT molecular complexity index is 1250. The number of carbonyl (C=O) groups excluding carboxylic acids is 2. The lowest BCUT2D eigenvalue weighted by molar-refractivity contribution is -0.188. The zero-order valence-electron chi connectivity index (χ0n) is 24.7. The van der Waals surface area contributed by atoms with Crippen molar-refractivity contribution in [2.75, 3.05) is 12.3 Å². The van der Waals surface area contributed by atoms with Gasteiger partial charge in [0.2, 0.25) is 17.5 Å². The number of aliphatic hydroxyl groups excluding tert-OH is 3. The van der Waals surface area contributed by atoms with Crippen LogP contribution in [0.1, 0.15) is 85.0 Å². The average Bonchev–Trinajstić information content (AvgIpc) is 3.51. The first-order valence-corrected chi connectivity index (χ1v) is 14.9. The van der Waals surface area contributed by atoms with Crippen molar-refractivity contribution in [3.05, 3.63) is 16.7 Å². The van der Waals surface area contributed by atoms with Gasteiger partial charge in [-0.25, -0.2) is 4.98 Å². The van der Waals surface area contributed by atoms with Crippen LogP contribution >= 0.6 is 0 Å². The van der Waals surface area contributed by atoms with Gasteiger partial charge in [0.25, 0.3) is 5.56 Å². The molecule has 1 saturated heterocycles. The van der Waals surface area contributed by atoms with Gasteiger partial charge in [0.05, 0.1) is 6.61 Å². The average molecular weight is 595 g/mol. The molecular weight excluding hydrogens is 548 g/mol. The number of rotatable bonds is 17. The van der Waals surface area contributed by atoms with Crippen molar-refractivity contribution in [2.24, 2.45) is 11.7 Å². The molecule has 1 aliphatic heterocycles. The highest BCUT2D eigenvalue weighted by Crippen LogP contribution is 2.40. The molecule has 0 radical (unpaired) electrons. The number of anilines is 1. The van der Waals surface area contributed by atoms with E-state index in [4.69, 9.17) is 20.9 Å². The van der Waals surface area contributed by atoms with Crippen LogP contribution in [0.4, 0.5) is 5.95 Å². The number of hydrogen-bond donors (Lipinski definition) is 6. The lowest BCUT2D eigenvalue weighted by Gasteiger charge is -2.35. The van der Waals surface area contributed by atoms with Crippen molar-refractivity contribution in [2.45, 2.75) is 121 Å². The standard InChI is InChI=1S/C28H46N6O8/c1-4-6-7-8-9-10-11-12-13-17(41-26(40)19(29)16(3)5-2)22(37)28(23(38)21(36)18(14-35)42-28)34-15-31-20-24(34)32-27(30)33-25(20)39/h15-19,21,23,35-36,38H,4-14,29H2,1-3H3,(H3,30,32,33,39)/t16-,17?,18+,19-,21+,23+,28+/m0/s1. The van der Waals surface area contributed by atoms with Gasteiger partial charge in [0.15, 0.2) is 17.3 Å². The van der Waals surface area contributed by atoms with Gasteiger partial charge in [-0.15, -0.1) is 0 Å². The maximum absolute atomic E-state index is 14.4. The summed E-state index contributed by atoms with van der Waals surface area (Å²) < 4.78 is 12.6. The highest BCUT2D eigenvalue weighted by atomic mass is 16.6. The fourth-order valence-corrected chi connectivity index (χ4v) is 5.28. The number of fused-ring (bicyclic) bond motifs is 1. The van der Waals surface area contributed by atoms with Crippen LogP contribution in [0.15, 0.2) is 11.1 Å². The molecule has 1 fully saturated rings. The molecule has 14 heteroatoms. The first kappa shape index (κ1) is 33.6. The number of hydrogen-bond acceptors (Lipinski definition) is 12. The zero-order chi connectivity index (χ0) is 31.0. The molecule has 3 rings (SSSR count). The summed E-state index contributed by atoms with van der Waals surface area (Å²) in [5, 5.41) is 31.9. The van der Waals surface area contributed by atoms with E-state index in [2.05, 4.69) is 21.9 Å². The largest absolute Gasteiger partial charge is 0.453 e. The van der Waals surface area contributed by atoms with Gasteiger partial charge in [-0.3, -0.25) is 23.9 Å². The van der Waals surface area contributed by atoms with Crippen LogP contribution < -0.4 is 17.0 Å². The molecule has 14 nitrogen and oxygen atoms in total. The van der Waals surface area contributed by atoms with E-state index in [0.717, 1.165) is 49.4 Å². The predicted molar refractivity (Wildman–Crippen MR) is 154 cm³/mol. The fourth-order valence-electron chi connectivity index (χ4n) is 5.28. The van der Waals surface area contributed by atoms with Crippen molar-refractivity contribution in [1.82, 2.24) is 19.5 Å². The van der Waals surface area contributed by atoms with Crippen LogP contribution in [-0.2, 0) is 24.8 Å². The van der Waals surface area contributed by atoms with Crippen molar-refractivity contribution in [3.63, 3.8) is 0 Å². The Morgan fingerprint density at radius 2 is 1.81 bits per heavy atom. The van der Waals surface area contributed by atoms with Gasteiger partial charge < -0.3 is 36.3 Å². The number of Topliss-reactive ketones (excluding diaryl/α,β-unsaturated/α-hetero) is 1. The van der Waals surface area contributed by atoms with Crippen LogP contribution in [0, 0.1) is 5.92 Å². The summed E-state index contributed by atoms with van der Waals surface area (Å²) in [7, 11) is 0. The number of nitrogens with two attached hydrogens (primary N) is 2. The normalized spacial score (nSPS) is 24.5. The van der Waals surface area contributed by atoms with E-state index in [1.165, 1.54) is 6.42 Å². The lowest BCUT2D eigenvalue weighted by Crippen LogP contribution is -2.56. The third-order valence-corrected chi connectivity index (χ3v) is 8.15. The molecule has 3 heterocycles. The number of nitrogen functional groups attached to an aromatic ring is 1. The predicted octanol–water partition coefficient (Wildman–Crippen LogP) is 0.853. The summed E-state index contributed by atoms with van der Waals surface area (Å²) >= 11 is 0. The summed E-state index contributed by atoms with van der Waals surface area (Å²) in [4.78, 5) is 50.4. The third kappa shape index (κ3) is 7.00. The number of nitrogens with one attached hydrogen (secondary N) is 1. The molecule has 2 aromatic rings. The third-order valence-electron chi connectivity index (χ3n) is 8.15. The summed E-state index contributed by atoms with van der Waals surface area (Å²) in [6, 6.07) is -1.00. The van der Waals surface area contributed by atoms with E-state index in [0.29, 0.717) is 12.8 Å². The number of aromatic amines is 1. The van der Waals surface area contributed by atoms with Crippen LogP contribution in [0.3, 0.4) is 0 Å². The molecule has 0 spiro atoms. The van der Waals surface area contributed by atoms with Gasteiger partial charge in [-0.05, 0) is 18.8 Å². The number of carbonyl (C=O) groups is 2. The monoisotopic (exact) mass is 594 g/mol. The van der Waals surface area contributed by atoms with Crippen LogP contribution in [0.2, 0.25) is 0 Å². The molecule has 1 aliphatic rings. The molecule has 0 saturated carbocycles. The highest BCUT2D eigenvalue weighted by molar-refractivity contribution is 5.93. The second-order valence-corrected chi connectivity index (χ2v) is 11.2. The Labute approximate surface area is 244 Å². The Morgan fingerprint density at radius 1 is 1.17 bits per heavy atom. The first-order chi connectivity index (χ1) is 20.0. The molecule has 0 aromatic carbocycles. The van der Waals surface area contributed by atoms with Crippen molar-refractivity contribution in [1.29, 1.82) is 0 Å². The first-order valence-electron chi connectivity index (χ1n) is 14.9. The lowest BCUT2D eigenvalue weighted by atomic mass is 9.92. The molecule has 236 valence electrons. The van der Waals surface area contributed by atoms with E-state index in [1.807, 2.05) is 6.92 Å². The smallest absolute Gasteiger partial charge is 0.323 e. The van der Waals surface area contributed by atoms with E-state index < -0.39 is 60.1 Å². The highest BCUT2D eigenvalue weighted by Gasteiger charge is 2.62. The van der Waals surface area contributed by atoms with Crippen molar-refractivity contribution >= 4 is 28.9 Å². The Balaban J connectivity index is 1.99. The number of imidazole rings is 1. The number of H-pyrrole nitrogens is 1. The summed E-state index contributed by atoms with van der Waals surface area (Å²) in [6.45, 7) is 5.08. The van der Waals surface area contributed by atoms with Crippen molar-refractivity contribution < 1.29 is 34.4 Å². The van der Waals surface area contributed by atoms with E-state index >= 15 is 0 Å². The minimum absolute atomic E-state index is 0.0905. The maximum atomic E-state index is 14.4. The minimum atomic E-state index is -2.46.